The van der Waals surface area contributed by atoms with Crippen molar-refractivity contribution in [1.82, 2.24) is 5.16 Å². The van der Waals surface area contributed by atoms with Crippen molar-refractivity contribution < 1.29 is 13.8 Å². The molecule has 0 bridgehead atoms. The lowest BCUT2D eigenvalue weighted by Gasteiger charge is -2.17. The molecule has 4 rings (SSSR count). The van der Waals surface area contributed by atoms with Gasteiger partial charge in [-0.25, -0.2) is 4.76 Å². The van der Waals surface area contributed by atoms with Crippen LogP contribution in [0, 0.1) is 0 Å². The van der Waals surface area contributed by atoms with Crippen molar-refractivity contribution in [2.24, 2.45) is 4.76 Å². The van der Waals surface area contributed by atoms with Crippen LogP contribution in [0.15, 0.2) is 107 Å². The molecule has 29 heavy (non-hydrogen) atoms. The molecule has 0 saturated carbocycles. The normalized spacial score (nSPS) is 12.0. The predicted molar refractivity (Wildman–Crippen MR) is 115 cm³/mol. The van der Waals surface area contributed by atoms with Crippen LogP contribution >= 0.6 is 7.29 Å². The van der Waals surface area contributed by atoms with E-state index in [-0.39, 0.29) is 0 Å². The van der Waals surface area contributed by atoms with Crippen molar-refractivity contribution in [2.75, 3.05) is 7.11 Å². The van der Waals surface area contributed by atoms with Crippen molar-refractivity contribution >= 4 is 23.6 Å². The van der Waals surface area contributed by atoms with Gasteiger partial charge < -0.3 is 9.26 Å². The van der Waals surface area contributed by atoms with E-state index >= 15 is 0 Å². The third-order valence-corrected chi connectivity index (χ3v) is 6.95. The number of hydrogen-bond acceptors (Lipinski definition) is 4. The van der Waals surface area contributed by atoms with Gasteiger partial charge >= 0.3 is 0 Å². The van der Waals surface area contributed by atoms with E-state index in [4.69, 9.17) is 14.0 Å². The number of ether oxygens (including phenoxy) is 1. The van der Waals surface area contributed by atoms with Gasteiger partial charge in [-0.1, -0.05) is 53.7 Å². The molecule has 0 spiro atoms. The summed E-state index contributed by atoms with van der Waals surface area (Å²) in [6.07, 6.45) is 1.47. The lowest BCUT2D eigenvalue weighted by atomic mass is 10.1. The third-order valence-electron chi connectivity index (χ3n) is 4.48. The quantitative estimate of drug-likeness (QED) is 0.353. The number of benzene rings is 3. The van der Waals surface area contributed by atoms with E-state index in [1.54, 1.807) is 13.2 Å². The van der Waals surface area contributed by atoms with E-state index in [1.165, 1.54) is 6.26 Å². The molecule has 0 N–H and O–H groups in total. The summed E-state index contributed by atoms with van der Waals surface area (Å²) in [5.74, 6) is 0.674. The predicted octanol–water partition coefficient (Wildman–Crippen LogP) is 4.45. The number of aromatic nitrogens is 1. The van der Waals surface area contributed by atoms with Gasteiger partial charge in [0, 0.05) is 22.2 Å². The highest BCUT2D eigenvalue weighted by atomic mass is 31.2. The molecule has 0 atom stereocenters. The standard InChI is InChI=1S/C23H19N2O3P/c1-27-19-10-8-9-18(17-19)23(22-15-16-28-24-22)25-29(26,20-11-4-2-5-12-20)21-13-6-3-7-14-21/h2-17H,1H3/b25-23-. The van der Waals surface area contributed by atoms with E-state index in [9.17, 15) is 4.57 Å². The van der Waals surface area contributed by atoms with Crippen LogP contribution in [0.3, 0.4) is 0 Å². The highest BCUT2D eigenvalue weighted by Gasteiger charge is 2.28. The molecule has 1 heterocycles. The average molecular weight is 402 g/mol. The number of methoxy groups -OCH3 is 1. The second-order valence-corrected chi connectivity index (χ2v) is 8.70. The Hall–Kier alpha value is -3.43. The Labute approximate surface area is 169 Å². The van der Waals surface area contributed by atoms with Gasteiger partial charge in [0.05, 0.1) is 7.11 Å². The second kappa shape index (κ2) is 8.29. The zero-order valence-electron chi connectivity index (χ0n) is 15.8. The van der Waals surface area contributed by atoms with Crippen molar-refractivity contribution in [3.8, 4) is 5.75 Å². The van der Waals surface area contributed by atoms with Crippen LogP contribution < -0.4 is 15.3 Å². The van der Waals surface area contributed by atoms with Gasteiger partial charge in [-0.3, -0.25) is 4.57 Å². The minimum absolute atomic E-state index is 0.480. The molecule has 0 fully saturated rings. The van der Waals surface area contributed by atoms with Crippen molar-refractivity contribution in [2.45, 2.75) is 0 Å². The van der Waals surface area contributed by atoms with E-state index in [0.29, 0.717) is 27.8 Å². The molecular weight excluding hydrogens is 383 g/mol. The summed E-state index contributed by atoms with van der Waals surface area (Å²) in [4.78, 5) is 0. The third kappa shape index (κ3) is 3.91. The average Bonchev–Trinajstić information content (AvgIpc) is 3.33. The largest absolute Gasteiger partial charge is 0.497 e. The Bertz CT molecular complexity index is 1110. The van der Waals surface area contributed by atoms with Crippen molar-refractivity contribution in [1.29, 1.82) is 0 Å². The Kier molecular flexibility index (Phi) is 5.41. The molecule has 5 nitrogen and oxygen atoms in total. The van der Waals surface area contributed by atoms with Crippen LogP contribution in [0.5, 0.6) is 5.75 Å². The first-order valence-corrected chi connectivity index (χ1v) is 10.7. The van der Waals surface area contributed by atoms with Gasteiger partial charge in [-0.15, -0.1) is 0 Å². The van der Waals surface area contributed by atoms with Crippen LogP contribution in [-0.2, 0) is 4.57 Å². The van der Waals surface area contributed by atoms with E-state index in [0.717, 1.165) is 5.56 Å². The molecule has 6 heteroatoms. The lowest BCUT2D eigenvalue weighted by Crippen LogP contribution is -2.16. The summed E-state index contributed by atoms with van der Waals surface area (Å²) in [6, 6.07) is 27.7. The molecule has 0 aliphatic heterocycles. The maximum absolute atomic E-state index is 14.4. The first-order valence-electron chi connectivity index (χ1n) is 9.07. The van der Waals surface area contributed by atoms with E-state index in [2.05, 4.69) is 5.16 Å². The smallest absolute Gasteiger partial charge is 0.248 e. The summed E-state index contributed by atoms with van der Waals surface area (Å²) in [6.45, 7) is 0. The highest BCUT2D eigenvalue weighted by molar-refractivity contribution is 7.77. The molecule has 144 valence electrons. The van der Waals surface area contributed by atoms with Gasteiger partial charge in [-0.2, -0.15) is 0 Å². The Morgan fingerprint density at radius 3 is 2.10 bits per heavy atom. The minimum Gasteiger partial charge on any atom is -0.497 e. The zero-order valence-corrected chi connectivity index (χ0v) is 16.7. The fourth-order valence-corrected chi connectivity index (χ4v) is 5.21. The fourth-order valence-electron chi connectivity index (χ4n) is 3.03. The Morgan fingerprint density at radius 1 is 0.897 bits per heavy atom. The molecule has 0 saturated heterocycles. The molecule has 0 radical (unpaired) electrons. The Balaban J connectivity index is 1.98. The first kappa shape index (κ1) is 18.9. The van der Waals surface area contributed by atoms with E-state index in [1.807, 2.05) is 84.9 Å². The summed E-state index contributed by atoms with van der Waals surface area (Å²) >= 11 is 0. The molecule has 0 amide bonds. The minimum atomic E-state index is -3.34. The summed E-state index contributed by atoms with van der Waals surface area (Å²) < 4.78 is 29.6. The molecule has 1 aromatic heterocycles. The van der Waals surface area contributed by atoms with Gasteiger partial charge in [0.1, 0.15) is 23.4 Å². The summed E-state index contributed by atoms with van der Waals surface area (Å²) in [7, 11) is -1.74. The van der Waals surface area contributed by atoms with Crippen LogP contribution in [0.2, 0.25) is 0 Å². The molecule has 0 unspecified atom stereocenters. The molecule has 0 aliphatic rings. The van der Waals surface area contributed by atoms with Crippen molar-refractivity contribution in [3.05, 3.63) is 109 Å². The fraction of sp³-hybridized carbons (Fsp3) is 0.0435. The summed E-state index contributed by atoms with van der Waals surface area (Å²) in [5, 5.41) is 5.35. The molecule has 0 aliphatic carbocycles. The topological polar surface area (TPSA) is 64.7 Å². The van der Waals surface area contributed by atoms with Gasteiger partial charge in [-0.05, 0) is 36.4 Å². The molecular formula is C23H19N2O3P. The molecule has 3 aromatic carbocycles. The Morgan fingerprint density at radius 2 is 1.55 bits per heavy atom. The number of hydrogen-bond donors (Lipinski definition) is 0. The van der Waals surface area contributed by atoms with Gasteiger partial charge in [0.2, 0.25) is 7.29 Å². The van der Waals surface area contributed by atoms with Crippen LogP contribution in [0.25, 0.3) is 0 Å². The van der Waals surface area contributed by atoms with Crippen molar-refractivity contribution in [3.63, 3.8) is 0 Å². The molecule has 4 aromatic rings. The number of nitrogens with zero attached hydrogens (tertiary/aromatic N) is 2. The first-order chi connectivity index (χ1) is 14.2. The zero-order chi connectivity index (χ0) is 20.1. The van der Waals surface area contributed by atoms with E-state index < -0.39 is 7.29 Å². The summed E-state index contributed by atoms with van der Waals surface area (Å²) in [5.41, 5.74) is 1.73. The van der Waals surface area contributed by atoms with Gasteiger partial charge in [0.15, 0.2) is 0 Å². The monoisotopic (exact) mass is 402 g/mol. The lowest BCUT2D eigenvalue weighted by molar-refractivity contribution is 0.414. The van der Waals surface area contributed by atoms with Gasteiger partial charge in [0.25, 0.3) is 0 Å². The maximum Gasteiger partial charge on any atom is 0.248 e. The SMILES string of the molecule is COc1cccc(/C(=N/P(=O)(c2ccccc2)c2ccccc2)c2ccon2)c1. The highest BCUT2D eigenvalue weighted by Crippen LogP contribution is 2.46. The van der Waals surface area contributed by atoms with Crippen LogP contribution in [-0.4, -0.2) is 18.0 Å². The van der Waals surface area contributed by atoms with Crippen LogP contribution in [0.1, 0.15) is 11.3 Å². The number of rotatable bonds is 6. The maximum atomic E-state index is 14.4. The van der Waals surface area contributed by atoms with Crippen LogP contribution in [0.4, 0.5) is 0 Å². The second-order valence-electron chi connectivity index (χ2n) is 6.31.